The van der Waals surface area contributed by atoms with Gasteiger partial charge < -0.3 is 0 Å². The summed E-state index contributed by atoms with van der Waals surface area (Å²) in [5, 5.41) is 6.80. The van der Waals surface area contributed by atoms with Gasteiger partial charge in [0.15, 0.2) is 0 Å². The minimum Gasteiger partial charge on any atom is -0.282 e. The van der Waals surface area contributed by atoms with Crippen molar-refractivity contribution in [3.8, 4) is 0 Å². The van der Waals surface area contributed by atoms with E-state index < -0.39 is 10.1 Å². The average Bonchev–Trinajstić information content (AvgIpc) is 2.55. The summed E-state index contributed by atoms with van der Waals surface area (Å²) in [5.74, 6) is 0. The molecule has 2 aromatic rings. The maximum absolute atomic E-state index is 11.7. The summed E-state index contributed by atoms with van der Waals surface area (Å²) in [7, 11) is -4.49. The summed E-state index contributed by atoms with van der Waals surface area (Å²) in [6, 6.07) is 11.8. The van der Waals surface area contributed by atoms with Crippen LogP contribution in [0.5, 0.6) is 0 Å². The first-order chi connectivity index (χ1) is 11.4. The van der Waals surface area contributed by atoms with E-state index in [1.807, 2.05) is 0 Å². The third kappa shape index (κ3) is 4.35. The molecule has 0 radical (unpaired) electrons. The third-order valence-electron chi connectivity index (χ3n) is 2.94. The number of hydrogen-bond donors (Lipinski definition) is 1. The van der Waals surface area contributed by atoms with Crippen LogP contribution in [0.3, 0.4) is 0 Å². The fourth-order valence-corrected chi connectivity index (χ4v) is 2.61. The Morgan fingerprint density at radius 2 is 1.38 bits per heavy atom. The molecule has 1 N–H and O–H groups in total. The fraction of sp³-hybridized carbons (Fsp3) is 0. The van der Waals surface area contributed by atoms with E-state index in [-0.39, 0.29) is 10.5 Å². The molecule has 0 atom stereocenters. The first kappa shape index (κ1) is 17.1. The predicted molar refractivity (Wildman–Crippen MR) is 89.9 cm³/mol. The van der Waals surface area contributed by atoms with E-state index in [9.17, 15) is 13.0 Å². The highest BCUT2D eigenvalue weighted by Crippen LogP contribution is 2.26. The van der Waals surface area contributed by atoms with Crippen LogP contribution in [0, 0.1) is 0 Å². The predicted octanol–water partition coefficient (Wildman–Crippen LogP) is 4.96. The number of nitrogens with zero attached hydrogens (tertiary/aromatic N) is 6. The largest absolute Gasteiger partial charge is 0.295 e. The SMILES string of the molecule is [N-]=[N+]=Nc1ccc(/C=C(/c2ccc(N=[N+]=[N-])cc2)S(=O)(=O)O)cc1. The van der Waals surface area contributed by atoms with Crippen molar-refractivity contribution >= 4 is 32.5 Å². The van der Waals surface area contributed by atoms with Gasteiger partial charge in [0.1, 0.15) is 4.91 Å². The fourth-order valence-electron chi connectivity index (χ4n) is 1.89. The number of azide groups is 2. The summed E-state index contributed by atoms with van der Waals surface area (Å²) < 4.78 is 32.8. The normalized spacial score (nSPS) is 11.3. The van der Waals surface area contributed by atoms with Crippen LogP contribution in [0.2, 0.25) is 0 Å². The van der Waals surface area contributed by atoms with Gasteiger partial charge in [0.05, 0.1) is 0 Å². The average molecular weight is 342 g/mol. The maximum atomic E-state index is 11.7. The Bertz CT molecular complexity index is 968. The lowest BCUT2D eigenvalue weighted by atomic mass is 10.1. The smallest absolute Gasteiger partial charge is 0.282 e. The van der Waals surface area contributed by atoms with Gasteiger partial charge in [-0.25, -0.2) is 0 Å². The minimum atomic E-state index is -4.49. The van der Waals surface area contributed by atoms with Gasteiger partial charge >= 0.3 is 0 Å². The highest BCUT2D eigenvalue weighted by atomic mass is 32.2. The molecular formula is C14H10N6O3S. The van der Waals surface area contributed by atoms with E-state index in [1.54, 1.807) is 12.1 Å². The van der Waals surface area contributed by atoms with E-state index >= 15 is 0 Å². The van der Waals surface area contributed by atoms with Crippen LogP contribution < -0.4 is 0 Å². The topological polar surface area (TPSA) is 152 Å². The van der Waals surface area contributed by atoms with E-state index in [2.05, 4.69) is 20.1 Å². The van der Waals surface area contributed by atoms with E-state index in [4.69, 9.17) is 11.1 Å². The van der Waals surface area contributed by atoms with Gasteiger partial charge in [-0.15, -0.1) is 0 Å². The molecule has 0 aromatic heterocycles. The first-order valence-electron chi connectivity index (χ1n) is 6.44. The molecule has 24 heavy (non-hydrogen) atoms. The summed E-state index contributed by atoms with van der Waals surface area (Å²) in [6.07, 6.45) is 1.28. The molecular weight excluding hydrogens is 332 g/mol. The molecule has 0 bridgehead atoms. The Hall–Kier alpha value is -3.29. The molecule has 0 aliphatic heterocycles. The van der Waals surface area contributed by atoms with Crippen LogP contribution in [-0.2, 0) is 10.1 Å². The summed E-state index contributed by atoms with van der Waals surface area (Å²) >= 11 is 0. The van der Waals surface area contributed by atoms with Gasteiger partial charge in [0.25, 0.3) is 10.1 Å². The molecule has 0 amide bonds. The third-order valence-corrected chi connectivity index (χ3v) is 3.85. The standard InChI is InChI=1S/C14H10N6O3S/c15-19-17-12-5-1-10(2-6-12)9-14(24(21,22)23)11-3-7-13(8-4-11)18-20-16/h1-9H,(H,21,22,23)/b14-9-. The highest BCUT2D eigenvalue weighted by Gasteiger charge is 2.16. The molecule has 120 valence electrons. The monoisotopic (exact) mass is 342 g/mol. The lowest BCUT2D eigenvalue weighted by molar-refractivity contribution is 0.496. The van der Waals surface area contributed by atoms with Crippen molar-refractivity contribution in [3.05, 3.63) is 80.5 Å². The van der Waals surface area contributed by atoms with Gasteiger partial charge in [0, 0.05) is 21.2 Å². The van der Waals surface area contributed by atoms with Gasteiger partial charge in [-0.3, -0.25) is 4.55 Å². The molecule has 2 aromatic carbocycles. The Balaban J connectivity index is 2.48. The molecule has 2 rings (SSSR count). The highest BCUT2D eigenvalue weighted by molar-refractivity contribution is 7.95. The van der Waals surface area contributed by atoms with Crippen LogP contribution in [0.1, 0.15) is 11.1 Å². The zero-order valence-electron chi connectivity index (χ0n) is 12.1. The molecule has 0 unspecified atom stereocenters. The first-order valence-corrected chi connectivity index (χ1v) is 7.88. The second kappa shape index (κ2) is 7.32. The summed E-state index contributed by atoms with van der Waals surface area (Å²) in [6.45, 7) is 0. The Morgan fingerprint density at radius 1 is 0.917 bits per heavy atom. The maximum Gasteiger partial charge on any atom is 0.295 e. The zero-order chi connectivity index (χ0) is 17.6. The summed E-state index contributed by atoms with van der Waals surface area (Å²) in [5.41, 5.74) is 18.1. The van der Waals surface area contributed by atoms with E-state index in [1.165, 1.54) is 42.5 Å². The molecule has 10 heteroatoms. The van der Waals surface area contributed by atoms with Gasteiger partial charge in [-0.1, -0.05) is 58.8 Å². The second-order valence-corrected chi connectivity index (χ2v) is 5.89. The van der Waals surface area contributed by atoms with Crippen molar-refractivity contribution < 1.29 is 13.0 Å². The van der Waals surface area contributed by atoms with E-state index in [0.29, 0.717) is 16.9 Å². The van der Waals surface area contributed by atoms with Crippen molar-refractivity contribution in [1.82, 2.24) is 0 Å². The quantitative estimate of drug-likeness (QED) is 0.269. The number of benzene rings is 2. The molecule has 0 fully saturated rings. The Labute approximate surface area is 136 Å². The molecule has 9 nitrogen and oxygen atoms in total. The molecule has 0 heterocycles. The van der Waals surface area contributed by atoms with Gasteiger partial charge in [-0.2, -0.15) is 8.42 Å². The molecule has 0 aliphatic carbocycles. The molecule has 0 saturated heterocycles. The molecule has 0 spiro atoms. The van der Waals surface area contributed by atoms with Crippen LogP contribution in [-0.4, -0.2) is 13.0 Å². The van der Waals surface area contributed by atoms with Crippen molar-refractivity contribution in [2.45, 2.75) is 0 Å². The van der Waals surface area contributed by atoms with E-state index in [0.717, 1.165) is 0 Å². The second-order valence-electron chi connectivity index (χ2n) is 4.50. The lowest BCUT2D eigenvalue weighted by Gasteiger charge is -2.05. The molecule has 0 saturated carbocycles. The van der Waals surface area contributed by atoms with Crippen LogP contribution in [0.25, 0.3) is 31.9 Å². The molecule has 0 aliphatic rings. The van der Waals surface area contributed by atoms with Crippen LogP contribution in [0.4, 0.5) is 11.4 Å². The minimum absolute atomic E-state index is 0.230. The van der Waals surface area contributed by atoms with Gasteiger partial charge in [-0.05, 0) is 28.3 Å². The Morgan fingerprint density at radius 3 is 1.79 bits per heavy atom. The zero-order valence-corrected chi connectivity index (χ0v) is 12.9. The summed E-state index contributed by atoms with van der Waals surface area (Å²) in [4.78, 5) is 4.96. The number of hydrogen-bond acceptors (Lipinski definition) is 4. The Kier molecular flexibility index (Phi) is 5.20. The van der Waals surface area contributed by atoms with Crippen molar-refractivity contribution in [3.63, 3.8) is 0 Å². The van der Waals surface area contributed by atoms with Crippen LogP contribution in [0.15, 0.2) is 58.8 Å². The van der Waals surface area contributed by atoms with Gasteiger partial charge in [0.2, 0.25) is 0 Å². The lowest BCUT2D eigenvalue weighted by Crippen LogP contribution is -2.01. The van der Waals surface area contributed by atoms with Crippen molar-refractivity contribution in [2.75, 3.05) is 0 Å². The van der Waals surface area contributed by atoms with Crippen molar-refractivity contribution in [1.29, 1.82) is 0 Å². The van der Waals surface area contributed by atoms with Crippen LogP contribution >= 0.6 is 0 Å². The number of rotatable bonds is 5. The van der Waals surface area contributed by atoms with Crippen molar-refractivity contribution in [2.24, 2.45) is 10.2 Å².